The number of benzene rings is 3. The third-order valence-electron chi connectivity index (χ3n) is 5.13. The Morgan fingerprint density at radius 2 is 0.605 bits per heavy atom. The van der Waals surface area contributed by atoms with Crippen LogP contribution in [-0.4, -0.2) is 0 Å². The maximum atomic E-state index is 15.2. The van der Waals surface area contributed by atoms with Gasteiger partial charge in [0.2, 0.25) is 29.0 Å². The van der Waals surface area contributed by atoms with Gasteiger partial charge in [0.1, 0.15) is 16.7 Å². The van der Waals surface area contributed by atoms with Crippen molar-refractivity contribution in [2.45, 2.75) is 18.5 Å². The molecule has 0 aliphatic carbocycles. The first-order chi connectivity index (χ1) is 19.3. The number of ether oxygens (including phenoxy) is 2. The van der Waals surface area contributed by atoms with Crippen LogP contribution in [-0.2, 0) is 18.5 Å². The standard InChI is InChI=1S/C21H4F18N2O2/c22-4-1(19(31,32)33)15(42-16-2(20(34,35)36)13(40)7(25)5(23)10(16)28)12(30)18(9(4)27)43-17-3(21(37,38)39)14(41)8(26)6(24)11(17)29/h40-41H2. The van der Waals surface area contributed by atoms with Gasteiger partial charge in [0.05, 0.1) is 11.4 Å². The van der Waals surface area contributed by atoms with Crippen LogP contribution < -0.4 is 20.9 Å². The highest BCUT2D eigenvalue weighted by molar-refractivity contribution is 5.62. The molecule has 22 heteroatoms. The summed E-state index contributed by atoms with van der Waals surface area (Å²) >= 11 is 0. The molecule has 0 saturated carbocycles. The van der Waals surface area contributed by atoms with Gasteiger partial charge in [-0.3, -0.25) is 0 Å². The van der Waals surface area contributed by atoms with Crippen LogP contribution in [0.1, 0.15) is 16.7 Å². The first kappa shape index (κ1) is 33.1. The van der Waals surface area contributed by atoms with Gasteiger partial charge in [0, 0.05) is 0 Å². The zero-order valence-electron chi connectivity index (χ0n) is 19.3. The number of hydrogen-bond acceptors (Lipinski definition) is 4. The Bertz CT molecular complexity index is 1640. The lowest BCUT2D eigenvalue weighted by Gasteiger charge is -2.22. The highest BCUT2D eigenvalue weighted by atomic mass is 19.4. The quantitative estimate of drug-likeness (QED) is 0.127. The minimum absolute atomic E-state index is 2.37. The van der Waals surface area contributed by atoms with Crippen molar-refractivity contribution >= 4 is 11.4 Å². The van der Waals surface area contributed by atoms with Gasteiger partial charge in [-0.15, -0.1) is 0 Å². The molecule has 0 aromatic heterocycles. The number of nitrogens with two attached hydrogens (primary N) is 2. The van der Waals surface area contributed by atoms with Crippen molar-refractivity contribution in [1.82, 2.24) is 0 Å². The molecule has 3 aromatic carbocycles. The Morgan fingerprint density at radius 3 is 0.930 bits per heavy atom. The van der Waals surface area contributed by atoms with Crippen molar-refractivity contribution in [3.63, 3.8) is 0 Å². The number of anilines is 2. The molecule has 0 heterocycles. The fraction of sp³-hybridized carbons (Fsp3) is 0.143. The summed E-state index contributed by atoms with van der Waals surface area (Å²) in [5.74, 6) is -40.0. The molecular formula is C21H4F18N2O2. The van der Waals surface area contributed by atoms with E-state index in [4.69, 9.17) is 0 Å². The van der Waals surface area contributed by atoms with Crippen LogP contribution >= 0.6 is 0 Å². The first-order valence-corrected chi connectivity index (χ1v) is 10.0. The van der Waals surface area contributed by atoms with Gasteiger partial charge in [-0.05, 0) is 0 Å². The molecule has 0 unspecified atom stereocenters. The summed E-state index contributed by atoms with van der Waals surface area (Å²) in [6, 6.07) is 0. The highest BCUT2D eigenvalue weighted by Gasteiger charge is 2.48. The monoisotopic (exact) mass is 658 g/mol. The fourth-order valence-corrected chi connectivity index (χ4v) is 3.33. The smallest absolute Gasteiger partial charge is 0.423 e. The summed E-state index contributed by atoms with van der Waals surface area (Å²) in [5, 5.41) is 0. The number of nitrogen functional groups attached to an aromatic ring is 2. The van der Waals surface area contributed by atoms with E-state index in [1.165, 1.54) is 0 Å². The lowest BCUT2D eigenvalue weighted by molar-refractivity contribution is -0.142. The maximum Gasteiger partial charge on any atom is 0.423 e. The first-order valence-electron chi connectivity index (χ1n) is 10.0. The van der Waals surface area contributed by atoms with Crippen LogP contribution in [0.5, 0.6) is 23.0 Å². The summed E-state index contributed by atoms with van der Waals surface area (Å²) in [5.41, 5.74) is -4.81. The predicted octanol–water partition coefficient (Wildman–Crippen LogP) is 8.74. The van der Waals surface area contributed by atoms with E-state index in [0.717, 1.165) is 0 Å². The molecule has 0 aliphatic rings. The minimum atomic E-state index is -6.46. The SMILES string of the molecule is Nc1c(F)c(F)c(F)c(Oc2c(F)c(F)c(C(F)(F)F)c(Oc3c(F)c(F)c(F)c(N)c3C(F)(F)F)c2F)c1C(F)(F)F. The van der Waals surface area contributed by atoms with Gasteiger partial charge in [-0.1, -0.05) is 0 Å². The Kier molecular flexibility index (Phi) is 8.01. The van der Waals surface area contributed by atoms with E-state index in [1.54, 1.807) is 0 Å². The molecule has 4 N–H and O–H groups in total. The summed E-state index contributed by atoms with van der Waals surface area (Å²) in [4.78, 5) is 0. The van der Waals surface area contributed by atoms with E-state index in [2.05, 4.69) is 20.9 Å². The van der Waals surface area contributed by atoms with E-state index >= 15 is 4.39 Å². The Hall–Kier alpha value is -4.40. The lowest BCUT2D eigenvalue weighted by Crippen LogP contribution is -2.19. The van der Waals surface area contributed by atoms with Crippen LogP contribution in [0, 0.1) is 52.4 Å². The van der Waals surface area contributed by atoms with E-state index < -0.39 is 122 Å². The normalized spacial score (nSPS) is 12.6. The molecule has 236 valence electrons. The van der Waals surface area contributed by atoms with Crippen molar-refractivity contribution in [2.24, 2.45) is 0 Å². The maximum absolute atomic E-state index is 15.2. The predicted molar refractivity (Wildman–Crippen MR) is 103 cm³/mol. The molecule has 0 spiro atoms. The second kappa shape index (κ2) is 10.4. The molecule has 4 nitrogen and oxygen atoms in total. The van der Waals surface area contributed by atoms with Crippen molar-refractivity contribution in [3.05, 3.63) is 69.0 Å². The number of hydrogen-bond donors (Lipinski definition) is 2. The summed E-state index contributed by atoms with van der Waals surface area (Å²) in [6.07, 6.45) is -18.8. The average molecular weight is 658 g/mol. The van der Waals surface area contributed by atoms with Gasteiger partial charge in [0.25, 0.3) is 0 Å². The molecule has 0 saturated heterocycles. The number of alkyl halides is 9. The summed E-state index contributed by atoms with van der Waals surface area (Å²) < 4.78 is 256. The van der Waals surface area contributed by atoms with Gasteiger partial charge >= 0.3 is 18.5 Å². The van der Waals surface area contributed by atoms with Crippen LogP contribution in [0.4, 0.5) is 90.4 Å². The molecule has 0 fully saturated rings. The topological polar surface area (TPSA) is 70.5 Å². The van der Waals surface area contributed by atoms with Gasteiger partial charge in [-0.2, -0.15) is 57.1 Å². The largest absolute Gasteiger partial charge is 0.449 e. The molecule has 0 bridgehead atoms. The van der Waals surface area contributed by atoms with Crippen molar-refractivity contribution in [1.29, 1.82) is 0 Å². The summed E-state index contributed by atoms with van der Waals surface area (Å²) in [6.45, 7) is 0. The number of halogens is 18. The molecule has 43 heavy (non-hydrogen) atoms. The zero-order chi connectivity index (χ0) is 33.3. The van der Waals surface area contributed by atoms with E-state index in [0.29, 0.717) is 0 Å². The van der Waals surface area contributed by atoms with Gasteiger partial charge in [-0.25, -0.2) is 22.0 Å². The second-order valence-electron chi connectivity index (χ2n) is 7.79. The van der Waals surface area contributed by atoms with Crippen molar-refractivity contribution < 1.29 is 88.5 Å². The van der Waals surface area contributed by atoms with Crippen LogP contribution in [0.25, 0.3) is 0 Å². The van der Waals surface area contributed by atoms with Gasteiger partial charge < -0.3 is 20.9 Å². The molecule has 3 rings (SSSR count). The van der Waals surface area contributed by atoms with Crippen LogP contribution in [0.2, 0.25) is 0 Å². The molecular weight excluding hydrogens is 654 g/mol. The second-order valence-corrected chi connectivity index (χ2v) is 7.79. The third-order valence-corrected chi connectivity index (χ3v) is 5.13. The lowest BCUT2D eigenvalue weighted by atomic mass is 10.1. The molecule has 0 atom stereocenters. The van der Waals surface area contributed by atoms with Gasteiger partial charge in [0.15, 0.2) is 46.3 Å². The van der Waals surface area contributed by atoms with E-state index in [-0.39, 0.29) is 0 Å². The van der Waals surface area contributed by atoms with Crippen molar-refractivity contribution in [2.75, 3.05) is 11.5 Å². The average Bonchev–Trinajstić information content (AvgIpc) is 2.85. The Labute approximate surface area is 223 Å². The Morgan fingerprint density at radius 1 is 0.326 bits per heavy atom. The fourth-order valence-electron chi connectivity index (χ4n) is 3.33. The van der Waals surface area contributed by atoms with Crippen LogP contribution in [0.3, 0.4) is 0 Å². The van der Waals surface area contributed by atoms with Crippen LogP contribution in [0.15, 0.2) is 0 Å². The van der Waals surface area contributed by atoms with E-state index in [1.807, 2.05) is 0 Å². The highest BCUT2D eigenvalue weighted by Crippen LogP contribution is 2.52. The third kappa shape index (κ3) is 5.44. The minimum Gasteiger partial charge on any atom is -0.449 e. The summed E-state index contributed by atoms with van der Waals surface area (Å²) in [7, 11) is 0. The van der Waals surface area contributed by atoms with E-state index in [9.17, 15) is 74.6 Å². The van der Waals surface area contributed by atoms with Crippen molar-refractivity contribution in [3.8, 4) is 23.0 Å². The molecule has 0 amide bonds. The molecule has 3 aromatic rings. The zero-order valence-corrected chi connectivity index (χ0v) is 19.3. The molecule has 0 radical (unpaired) electrons. The Balaban J connectivity index is 2.49. The molecule has 0 aliphatic heterocycles. The number of rotatable bonds is 4.